The molecule has 2 rings (SSSR count). The standard InChI is InChI=1S/C15H14N4O4S/c16-19-17-12-6-8-13(9-7-12)24(22,23)18-14(15(20)21)10-11-4-2-1-3-5-11/h1-9,14,18H,10H2,(H,20,21). The molecule has 124 valence electrons. The van der Waals surface area contributed by atoms with E-state index in [1.807, 2.05) is 0 Å². The van der Waals surface area contributed by atoms with E-state index >= 15 is 0 Å². The highest BCUT2D eigenvalue weighted by Gasteiger charge is 2.25. The van der Waals surface area contributed by atoms with Crippen LogP contribution in [0.3, 0.4) is 0 Å². The maximum atomic E-state index is 12.3. The van der Waals surface area contributed by atoms with Gasteiger partial charge in [0, 0.05) is 10.6 Å². The quantitative estimate of drug-likeness (QED) is 0.453. The van der Waals surface area contributed by atoms with Crippen molar-refractivity contribution in [3.05, 3.63) is 70.6 Å². The first kappa shape index (κ1) is 17.5. The van der Waals surface area contributed by atoms with Crippen molar-refractivity contribution in [2.45, 2.75) is 17.4 Å². The predicted octanol–water partition coefficient (Wildman–Crippen LogP) is 2.60. The minimum absolute atomic E-state index is 0.0201. The van der Waals surface area contributed by atoms with Crippen LogP contribution in [0.1, 0.15) is 5.56 Å². The number of azide groups is 1. The van der Waals surface area contributed by atoms with Crippen LogP contribution in [0, 0.1) is 0 Å². The van der Waals surface area contributed by atoms with Gasteiger partial charge in [-0.25, -0.2) is 8.42 Å². The lowest BCUT2D eigenvalue weighted by Crippen LogP contribution is -2.42. The Labute approximate surface area is 138 Å². The van der Waals surface area contributed by atoms with Crippen molar-refractivity contribution >= 4 is 21.7 Å². The number of carbonyl (C=O) groups is 1. The highest BCUT2D eigenvalue weighted by atomic mass is 32.2. The van der Waals surface area contributed by atoms with Gasteiger partial charge in [-0.1, -0.05) is 47.6 Å². The van der Waals surface area contributed by atoms with Gasteiger partial charge in [-0.2, -0.15) is 4.72 Å². The molecule has 0 spiro atoms. The van der Waals surface area contributed by atoms with Crippen LogP contribution in [0.4, 0.5) is 5.69 Å². The van der Waals surface area contributed by atoms with E-state index in [4.69, 9.17) is 5.53 Å². The van der Waals surface area contributed by atoms with Gasteiger partial charge >= 0.3 is 5.97 Å². The largest absolute Gasteiger partial charge is 0.480 e. The molecule has 0 aromatic heterocycles. The lowest BCUT2D eigenvalue weighted by molar-refractivity contribution is -0.138. The molecule has 8 nitrogen and oxygen atoms in total. The van der Waals surface area contributed by atoms with Crippen LogP contribution in [0.2, 0.25) is 0 Å². The van der Waals surface area contributed by atoms with Crippen LogP contribution in [-0.4, -0.2) is 25.5 Å². The van der Waals surface area contributed by atoms with Crippen LogP contribution in [0.15, 0.2) is 64.6 Å². The molecule has 2 N–H and O–H groups in total. The Balaban J connectivity index is 2.20. The van der Waals surface area contributed by atoms with E-state index in [1.165, 1.54) is 24.3 Å². The third-order valence-corrected chi connectivity index (χ3v) is 4.67. The fourth-order valence-corrected chi connectivity index (χ4v) is 3.22. The Bertz CT molecular complexity index is 860. The second kappa shape index (κ2) is 7.60. The molecule has 2 aromatic carbocycles. The van der Waals surface area contributed by atoms with E-state index in [0.717, 1.165) is 0 Å². The van der Waals surface area contributed by atoms with Gasteiger partial charge in [-0.15, -0.1) is 0 Å². The van der Waals surface area contributed by atoms with Gasteiger partial charge in [0.25, 0.3) is 0 Å². The van der Waals surface area contributed by atoms with E-state index in [2.05, 4.69) is 14.7 Å². The van der Waals surface area contributed by atoms with E-state index in [1.54, 1.807) is 30.3 Å². The maximum absolute atomic E-state index is 12.3. The zero-order valence-electron chi connectivity index (χ0n) is 12.4. The highest BCUT2D eigenvalue weighted by molar-refractivity contribution is 7.89. The zero-order chi connectivity index (χ0) is 17.6. The zero-order valence-corrected chi connectivity index (χ0v) is 13.2. The fraction of sp³-hybridized carbons (Fsp3) is 0.133. The number of aliphatic carboxylic acids is 1. The number of rotatable bonds is 7. The second-order valence-corrected chi connectivity index (χ2v) is 6.60. The monoisotopic (exact) mass is 346 g/mol. The van der Waals surface area contributed by atoms with Crippen LogP contribution in [-0.2, 0) is 21.2 Å². The average molecular weight is 346 g/mol. The smallest absolute Gasteiger partial charge is 0.322 e. The van der Waals surface area contributed by atoms with Gasteiger partial charge < -0.3 is 5.11 Å². The Morgan fingerprint density at radius 1 is 1.17 bits per heavy atom. The third kappa shape index (κ3) is 4.56. The lowest BCUT2D eigenvalue weighted by Gasteiger charge is -2.15. The molecule has 0 heterocycles. The predicted molar refractivity (Wildman–Crippen MR) is 87.1 cm³/mol. The molecule has 0 radical (unpaired) electrons. The Kier molecular flexibility index (Phi) is 5.54. The maximum Gasteiger partial charge on any atom is 0.322 e. The molecule has 0 bridgehead atoms. The average Bonchev–Trinajstić information content (AvgIpc) is 2.56. The van der Waals surface area contributed by atoms with Gasteiger partial charge in [-0.3, -0.25) is 4.79 Å². The van der Waals surface area contributed by atoms with E-state index < -0.39 is 22.0 Å². The number of hydrogen-bond donors (Lipinski definition) is 2. The minimum Gasteiger partial charge on any atom is -0.480 e. The molecule has 2 aromatic rings. The number of hydrogen-bond acceptors (Lipinski definition) is 4. The first-order chi connectivity index (χ1) is 11.4. The summed E-state index contributed by atoms with van der Waals surface area (Å²) < 4.78 is 26.8. The lowest BCUT2D eigenvalue weighted by atomic mass is 10.1. The van der Waals surface area contributed by atoms with Crippen LogP contribution >= 0.6 is 0 Å². The molecule has 0 aliphatic heterocycles. The SMILES string of the molecule is [N-]=[N+]=Nc1ccc(S(=O)(=O)NC(Cc2ccccc2)C(=O)O)cc1. The van der Waals surface area contributed by atoms with Gasteiger partial charge in [0.15, 0.2) is 0 Å². The Morgan fingerprint density at radius 3 is 2.33 bits per heavy atom. The number of carboxylic acid groups (broad SMARTS) is 1. The first-order valence-corrected chi connectivity index (χ1v) is 8.35. The molecule has 1 unspecified atom stereocenters. The topological polar surface area (TPSA) is 132 Å². The molecule has 9 heteroatoms. The molecule has 0 aliphatic rings. The van der Waals surface area contributed by atoms with Gasteiger partial charge in [0.05, 0.1) is 4.90 Å². The van der Waals surface area contributed by atoms with E-state index in [9.17, 15) is 18.3 Å². The fourth-order valence-electron chi connectivity index (χ4n) is 2.03. The van der Waals surface area contributed by atoms with Crippen molar-refractivity contribution in [3.8, 4) is 0 Å². The van der Waals surface area contributed by atoms with Crippen LogP contribution < -0.4 is 4.72 Å². The summed E-state index contributed by atoms with van der Waals surface area (Å²) in [5.41, 5.74) is 9.29. The second-order valence-electron chi connectivity index (χ2n) is 4.89. The molecule has 0 amide bonds. The van der Waals surface area contributed by atoms with Gasteiger partial charge in [-0.05, 0) is 29.6 Å². The molecular weight excluding hydrogens is 332 g/mol. The van der Waals surface area contributed by atoms with Crippen molar-refractivity contribution in [2.24, 2.45) is 5.11 Å². The van der Waals surface area contributed by atoms with Crippen molar-refractivity contribution in [2.75, 3.05) is 0 Å². The molecule has 24 heavy (non-hydrogen) atoms. The molecule has 0 saturated carbocycles. The Hall–Kier alpha value is -2.87. The summed E-state index contributed by atoms with van der Waals surface area (Å²) in [7, 11) is -4.02. The molecular formula is C15H14N4O4S. The van der Waals surface area contributed by atoms with Gasteiger partial charge in [0.1, 0.15) is 6.04 Å². The number of carboxylic acids is 1. The molecule has 0 aliphatic carbocycles. The van der Waals surface area contributed by atoms with Crippen molar-refractivity contribution in [3.63, 3.8) is 0 Å². The van der Waals surface area contributed by atoms with Crippen molar-refractivity contribution in [1.29, 1.82) is 0 Å². The number of nitrogens with one attached hydrogen (secondary N) is 1. The number of benzene rings is 2. The van der Waals surface area contributed by atoms with Gasteiger partial charge in [0.2, 0.25) is 10.0 Å². The minimum atomic E-state index is -4.02. The third-order valence-electron chi connectivity index (χ3n) is 3.19. The molecule has 0 fully saturated rings. The van der Waals surface area contributed by atoms with Crippen molar-refractivity contribution in [1.82, 2.24) is 4.72 Å². The summed E-state index contributed by atoms with van der Waals surface area (Å²) in [6, 6.07) is 12.6. The number of sulfonamides is 1. The summed E-state index contributed by atoms with van der Waals surface area (Å²) in [6.07, 6.45) is 0.0201. The summed E-state index contributed by atoms with van der Waals surface area (Å²) in [6.45, 7) is 0. The van der Waals surface area contributed by atoms with Crippen molar-refractivity contribution < 1.29 is 18.3 Å². The molecule has 1 atom stereocenters. The highest BCUT2D eigenvalue weighted by Crippen LogP contribution is 2.17. The summed E-state index contributed by atoms with van der Waals surface area (Å²) >= 11 is 0. The normalized spacial score (nSPS) is 12.2. The summed E-state index contributed by atoms with van der Waals surface area (Å²) in [5.74, 6) is -1.27. The van der Waals surface area contributed by atoms with E-state index in [-0.39, 0.29) is 17.0 Å². The first-order valence-electron chi connectivity index (χ1n) is 6.86. The van der Waals surface area contributed by atoms with E-state index in [0.29, 0.717) is 5.56 Å². The summed E-state index contributed by atoms with van der Waals surface area (Å²) in [4.78, 5) is 13.9. The molecule has 0 saturated heterocycles. The summed E-state index contributed by atoms with van der Waals surface area (Å²) in [5, 5.41) is 12.6. The Morgan fingerprint density at radius 2 is 1.79 bits per heavy atom. The van der Waals surface area contributed by atoms with Crippen LogP contribution in [0.5, 0.6) is 0 Å². The van der Waals surface area contributed by atoms with Crippen LogP contribution in [0.25, 0.3) is 10.4 Å². The number of nitrogens with zero attached hydrogens (tertiary/aromatic N) is 3.